The summed E-state index contributed by atoms with van der Waals surface area (Å²) in [6.45, 7) is 7.95. The van der Waals surface area contributed by atoms with E-state index in [-0.39, 0.29) is 36.8 Å². The van der Waals surface area contributed by atoms with E-state index in [4.69, 9.17) is 0 Å². The van der Waals surface area contributed by atoms with Crippen LogP contribution in [0.1, 0.15) is 25.1 Å². The van der Waals surface area contributed by atoms with E-state index in [0.29, 0.717) is 12.5 Å². The Kier molecular flexibility index (Phi) is 8.35. The molecule has 138 valence electrons. The molecule has 0 bridgehead atoms. The number of hydrogen-bond donors (Lipinski definition) is 1. The summed E-state index contributed by atoms with van der Waals surface area (Å²) in [7, 11) is 0. The minimum Gasteiger partial charge on any atom is -0.337 e. The van der Waals surface area contributed by atoms with E-state index < -0.39 is 0 Å². The molecular formula is C18H25Cl2N3OS. The number of halogens is 2. The van der Waals surface area contributed by atoms with Gasteiger partial charge in [-0.1, -0.05) is 23.8 Å². The van der Waals surface area contributed by atoms with Gasteiger partial charge in [0.05, 0.1) is 12.1 Å². The van der Waals surface area contributed by atoms with Crippen molar-refractivity contribution in [1.29, 1.82) is 0 Å². The second kappa shape index (κ2) is 9.53. The van der Waals surface area contributed by atoms with Crippen LogP contribution in [0.25, 0.3) is 10.6 Å². The molecule has 0 radical (unpaired) electrons. The van der Waals surface area contributed by atoms with E-state index in [0.717, 1.165) is 29.4 Å². The summed E-state index contributed by atoms with van der Waals surface area (Å²) in [4.78, 5) is 19.2. The molecule has 1 aromatic heterocycles. The predicted octanol–water partition coefficient (Wildman–Crippen LogP) is 3.71. The molecule has 1 fully saturated rings. The van der Waals surface area contributed by atoms with E-state index >= 15 is 0 Å². The highest BCUT2D eigenvalue weighted by atomic mass is 35.5. The lowest BCUT2D eigenvalue weighted by atomic mass is 10.1. The molecule has 2 aromatic rings. The smallest absolute Gasteiger partial charge is 0.228 e. The largest absolute Gasteiger partial charge is 0.337 e. The van der Waals surface area contributed by atoms with Crippen LogP contribution in [0.2, 0.25) is 0 Å². The van der Waals surface area contributed by atoms with Crippen molar-refractivity contribution in [2.24, 2.45) is 0 Å². The Hall–Kier alpha value is -1.14. The number of nitrogens with zero attached hydrogens (tertiary/aromatic N) is 2. The molecule has 1 aromatic carbocycles. The van der Waals surface area contributed by atoms with Crippen molar-refractivity contribution in [1.82, 2.24) is 15.2 Å². The molecule has 1 aliphatic rings. The number of aromatic nitrogens is 1. The van der Waals surface area contributed by atoms with Crippen molar-refractivity contribution in [3.8, 4) is 10.6 Å². The molecule has 0 spiro atoms. The minimum absolute atomic E-state index is 0. The maximum Gasteiger partial charge on any atom is 0.228 e. The number of nitrogens with one attached hydrogen (secondary N) is 1. The van der Waals surface area contributed by atoms with Crippen LogP contribution >= 0.6 is 36.2 Å². The fourth-order valence-electron chi connectivity index (χ4n) is 2.96. The molecule has 25 heavy (non-hydrogen) atoms. The monoisotopic (exact) mass is 401 g/mol. The predicted molar refractivity (Wildman–Crippen MR) is 109 cm³/mol. The zero-order valence-corrected chi connectivity index (χ0v) is 17.1. The first-order chi connectivity index (χ1) is 11.0. The van der Waals surface area contributed by atoms with Gasteiger partial charge in [-0.05, 0) is 26.8 Å². The number of rotatable bonds is 3. The van der Waals surface area contributed by atoms with Gasteiger partial charge in [-0.2, -0.15) is 0 Å². The van der Waals surface area contributed by atoms with Gasteiger partial charge >= 0.3 is 0 Å². The molecule has 1 saturated heterocycles. The summed E-state index contributed by atoms with van der Waals surface area (Å²) in [6, 6.07) is 8.88. The first-order valence-corrected chi connectivity index (χ1v) is 8.97. The summed E-state index contributed by atoms with van der Waals surface area (Å²) in [6.07, 6.45) is 0.388. The molecule has 2 heterocycles. The second-order valence-electron chi connectivity index (χ2n) is 6.26. The zero-order valence-electron chi connectivity index (χ0n) is 14.7. The number of carbonyl (C=O) groups excluding carboxylic acids is 1. The SMILES string of the molecule is Cc1cccc(-c2nc(CC(=O)N3CCNC(C)C3C)cs2)c1.Cl.Cl. The van der Waals surface area contributed by atoms with Crippen molar-refractivity contribution in [3.63, 3.8) is 0 Å². The van der Waals surface area contributed by atoms with E-state index in [1.807, 2.05) is 16.3 Å². The van der Waals surface area contributed by atoms with E-state index in [2.05, 4.69) is 49.3 Å². The summed E-state index contributed by atoms with van der Waals surface area (Å²) in [5, 5.41) is 6.39. The van der Waals surface area contributed by atoms with Gasteiger partial charge in [-0.25, -0.2) is 4.98 Å². The Labute approximate surface area is 165 Å². The van der Waals surface area contributed by atoms with Gasteiger partial charge in [0.25, 0.3) is 0 Å². The Morgan fingerprint density at radius 1 is 1.36 bits per heavy atom. The third-order valence-electron chi connectivity index (χ3n) is 4.50. The topological polar surface area (TPSA) is 45.2 Å². The molecule has 7 heteroatoms. The van der Waals surface area contributed by atoms with Gasteiger partial charge in [0.2, 0.25) is 5.91 Å². The lowest BCUT2D eigenvalue weighted by molar-refractivity contribution is -0.134. The maximum absolute atomic E-state index is 12.6. The third kappa shape index (κ3) is 5.17. The molecular weight excluding hydrogens is 377 g/mol. The highest BCUT2D eigenvalue weighted by molar-refractivity contribution is 7.13. The third-order valence-corrected chi connectivity index (χ3v) is 5.44. The van der Waals surface area contributed by atoms with Crippen LogP contribution < -0.4 is 5.32 Å². The van der Waals surface area contributed by atoms with Crippen molar-refractivity contribution in [3.05, 3.63) is 40.9 Å². The van der Waals surface area contributed by atoms with Crippen molar-refractivity contribution >= 4 is 42.1 Å². The zero-order chi connectivity index (χ0) is 16.4. The van der Waals surface area contributed by atoms with Crippen LogP contribution in [-0.2, 0) is 11.2 Å². The number of thiazole rings is 1. The summed E-state index contributed by atoms with van der Waals surface area (Å²) in [5.74, 6) is 0.173. The Morgan fingerprint density at radius 2 is 2.12 bits per heavy atom. The number of aryl methyl sites for hydroxylation is 1. The maximum atomic E-state index is 12.6. The fraction of sp³-hybridized carbons (Fsp3) is 0.444. The standard InChI is InChI=1S/C18H23N3OS.2ClH/c1-12-5-4-6-15(9-12)18-20-16(11-23-18)10-17(22)21-8-7-19-13(2)14(21)3;;/h4-6,9,11,13-14,19H,7-8,10H2,1-3H3;2*1H. The lowest BCUT2D eigenvalue weighted by Gasteiger charge is -2.38. The number of piperazine rings is 1. The molecule has 1 aliphatic heterocycles. The highest BCUT2D eigenvalue weighted by Gasteiger charge is 2.28. The second-order valence-corrected chi connectivity index (χ2v) is 7.12. The van der Waals surface area contributed by atoms with Crippen LogP contribution in [0.4, 0.5) is 0 Å². The van der Waals surface area contributed by atoms with Crippen LogP contribution in [-0.4, -0.2) is 41.0 Å². The normalized spacial score (nSPS) is 19.7. The van der Waals surface area contributed by atoms with Gasteiger partial charge in [-0.3, -0.25) is 4.79 Å². The lowest BCUT2D eigenvalue weighted by Crippen LogP contribution is -2.57. The minimum atomic E-state index is 0. The van der Waals surface area contributed by atoms with Crippen LogP contribution in [0.15, 0.2) is 29.6 Å². The van der Waals surface area contributed by atoms with Gasteiger partial charge in [-0.15, -0.1) is 36.2 Å². The summed E-state index contributed by atoms with van der Waals surface area (Å²) >= 11 is 1.61. The van der Waals surface area contributed by atoms with E-state index in [1.54, 1.807) is 11.3 Å². The number of benzene rings is 1. The van der Waals surface area contributed by atoms with Gasteiger partial charge < -0.3 is 10.2 Å². The highest BCUT2D eigenvalue weighted by Crippen LogP contribution is 2.25. The summed E-state index contributed by atoms with van der Waals surface area (Å²) in [5.41, 5.74) is 3.21. The average molecular weight is 402 g/mol. The molecule has 1 N–H and O–H groups in total. The van der Waals surface area contributed by atoms with Gasteiger partial charge in [0, 0.05) is 36.1 Å². The Morgan fingerprint density at radius 3 is 2.84 bits per heavy atom. The van der Waals surface area contributed by atoms with Gasteiger partial charge in [0.15, 0.2) is 0 Å². The molecule has 1 amide bonds. The molecule has 3 rings (SSSR count). The molecule has 4 nitrogen and oxygen atoms in total. The van der Waals surface area contributed by atoms with Crippen molar-refractivity contribution in [2.75, 3.05) is 13.1 Å². The first-order valence-electron chi connectivity index (χ1n) is 8.09. The van der Waals surface area contributed by atoms with Crippen molar-refractivity contribution in [2.45, 2.75) is 39.3 Å². The number of carbonyl (C=O) groups is 1. The quantitative estimate of drug-likeness (QED) is 0.851. The van der Waals surface area contributed by atoms with Crippen molar-refractivity contribution < 1.29 is 4.79 Å². The molecule has 2 atom stereocenters. The molecule has 0 saturated carbocycles. The number of hydrogen-bond acceptors (Lipinski definition) is 4. The van der Waals surface area contributed by atoms with E-state index in [1.165, 1.54) is 5.56 Å². The molecule has 0 aliphatic carbocycles. The summed E-state index contributed by atoms with van der Waals surface area (Å²) < 4.78 is 0. The van der Waals surface area contributed by atoms with Crippen LogP contribution in [0.5, 0.6) is 0 Å². The Bertz CT molecular complexity index is 707. The first kappa shape index (κ1) is 21.9. The average Bonchev–Trinajstić information content (AvgIpc) is 2.98. The fourth-order valence-corrected chi connectivity index (χ4v) is 3.78. The Balaban J connectivity index is 0.00000156. The number of amides is 1. The van der Waals surface area contributed by atoms with E-state index in [9.17, 15) is 4.79 Å². The molecule has 2 unspecified atom stereocenters. The van der Waals surface area contributed by atoms with Gasteiger partial charge in [0.1, 0.15) is 5.01 Å². The van der Waals surface area contributed by atoms with Crippen LogP contribution in [0, 0.1) is 6.92 Å². The van der Waals surface area contributed by atoms with Crippen LogP contribution in [0.3, 0.4) is 0 Å².